The number of hydrogen-bond donors (Lipinski definition) is 1. The molecule has 1 aliphatic rings. The van der Waals surface area contributed by atoms with E-state index in [9.17, 15) is 9.18 Å². The molecule has 0 fully saturated rings. The highest BCUT2D eigenvalue weighted by Crippen LogP contribution is 2.34. The van der Waals surface area contributed by atoms with Crippen LogP contribution in [-0.4, -0.2) is 22.0 Å². The lowest BCUT2D eigenvalue weighted by Crippen LogP contribution is -2.44. The molecule has 4 rings (SSSR count). The summed E-state index contributed by atoms with van der Waals surface area (Å²) < 4.78 is 16.6. The number of nitrogens with one attached hydrogen (secondary N) is 1. The van der Waals surface area contributed by atoms with Gasteiger partial charge in [-0.05, 0) is 36.4 Å². The SMILES string of the molecule is O=C(Nc1cccc(Cl)c1)N1CCn2cccc2C1c1ccccc1F. The van der Waals surface area contributed by atoms with Crippen LogP contribution in [0.5, 0.6) is 0 Å². The van der Waals surface area contributed by atoms with Gasteiger partial charge < -0.3 is 14.8 Å². The van der Waals surface area contributed by atoms with Crippen LogP contribution in [-0.2, 0) is 6.54 Å². The highest BCUT2D eigenvalue weighted by Gasteiger charge is 2.33. The Hall–Kier alpha value is -2.79. The Balaban J connectivity index is 1.70. The molecule has 0 spiro atoms. The van der Waals surface area contributed by atoms with Crippen molar-refractivity contribution >= 4 is 23.3 Å². The Labute approximate surface area is 155 Å². The van der Waals surface area contributed by atoms with Crippen LogP contribution in [0.2, 0.25) is 5.02 Å². The van der Waals surface area contributed by atoms with E-state index in [1.807, 2.05) is 18.3 Å². The lowest BCUT2D eigenvalue weighted by molar-refractivity contribution is 0.180. The molecule has 2 heterocycles. The molecule has 0 bridgehead atoms. The fraction of sp³-hybridized carbons (Fsp3) is 0.150. The first-order valence-electron chi connectivity index (χ1n) is 8.36. The Kier molecular flexibility index (Phi) is 4.39. The third kappa shape index (κ3) is 3.06. The van der Waals surface area contributed by atoms with Crippen molar-refractivity contribution in [1.29, 1.82) is 0 Å². The van der Waals surface area contributed by atoms with Crippen LogP contribution in [0.4, 0.5) is 14.9 Å². The number of rotatable bonds is 2. The summed E-state index contributed by atoms with van der Waals surface area (Å²) in [5.41, 5.74) is 1.98. The summed E-state index contributed by atoms with van der Waals surface area (Å²) >= 11 is 5.99. The van der Waals surface area contributed by atoms with E-state index < -0.39 is 6.04 Å². The van der Waals surface area contributed by atoms with E-state index in [-0.39, 0.29) is 11.8 Å². The second-order valence-electron chi connectivity index (χ2n) is 6.18. The van der Waals surface area contributed by atoms with Gasteiger partial charge in [-0.1, -0.05) is 35.9 Å². The minimum atomic E-state index is -0.487. The van der Waals surface area contributed by atoms with Gasteiger partial charge in [0.15, 0.2) is 0 Å². The number of fused-ring (bicyclic) bond motifs is 1. The molecule has 132 valence electrons. The number of halogens is 2. The van der Waals surface area contributed by atoms with Gasteiger partial charge >= 0.3 is 6.03 Å². The number of hydrogen-bond acceptors (Lipinski definition) is 1. The highest BCUT2D eigenvalue weighted by molar-refractivity contribution is 6.30. The molecule has 3 aromatic rings. The van der Waals surface area contributed by atoms with E-state index in [4.69, 9.17) is 11.6 Å². The Bertz CT molecular complexity index is 955. The number of amides is 2. The van der Waals surface area contributed by atoms with Crippen LogP contribution in [0.25, 0.3) is 0 Å². The molecule has 1 N–H and O–H groups in total. The van der Waals surface area contributed by atoms with Gasteiger partial charge in [0.1, 0.15) is 11.9 Å². The molecule has 2 aromatic carbocycles. The number of anilines is 1. The summed E-state index contributed by atoms with van der Waals surface area (Å²) in [4.78, 5) is 14.6. The summed E-state index contributed by atoms with van der Waals surface area (Å²) in [5.74, 6) is -0.326. The second-order valence-corrected chi connectivity index (χ2v) is 6.62. The highest BCUT2D eigenvalue weighted by atomic mass is 35.5. The maximum atomic E-state index is 14.5. The summed E-state index contributed by atoms with van der Waals surface area (Å²) in [6.07, 6.45) is 1.95. The quantitative estimate of drug-likeness (QED) is 0.684. The predicted molar refractivity (Wildman–Crippen MR) is 99.9 cm³/mol. The van der Waals surface area contributed by atoms with Crippen molar-refractivity contribution < 1.29 is 9.18 Å². The maximum absolute atomic E-state index is 14.5. The van der Waals surface area contributed by atoms with E-state index >= 15 is 0 Å². The third-order valence-electron chi connectivity index (χ3n) is 4.57. The van der Waals surface area contributed by atoms with E-state index in [0.29, 0.717) is 29.4 Å². The average molecular weight is 370 g/mol. The Morgan fingerprint density at radius 2 is 1.92 bits per heavy atom. The lowest BCUT2D eigenvalue weighted by Gasteiger charge is -2.37. The summed E-state index contributed by atoms with van der Waals surface area (Å²) in [5, 5.41) is 3.41. The molecule has 0 radical (unpaired) electrons. The van der Waals surface area contributed by atoms with Crippen molar-refractivity contribution in [1.82, 2.24) is 9.47 Å². The average Bonchev–Trinajstić information content (AvgIpc) is 3.10. The van der Waals surface area contributed by atoms with Gasteiger partial charge in [0.2, 0.25) is 0 Å². The van der Waals surface area contributed by atoms with E-state index in [2.05, 4.69) is 9.88 Å². The molecule has 6 heteroatoms. The molecule has 2 amide bonds. The predicted octanol–water partition coefficient (Wildman–Crippen LogP) is 4.92. The number of nitrogens with zero attached hydrogens (tertiary/aromatic N) is 2. The van der Waals surface area contributed by atoms with Crippen molar-refractivity contribution in [2.75, 3.05) is 11.9 Å². The summed E-state index contributed by atoms with van der Waals surface area (Å²) in [6.45, 7) is 1.14. The number of carbonyl (C=O) groups excluding carboxylic acids is 1. The van der Waals surface area contributed by atoms with Crippen molar-refractivity contribution in [3.8, 4) is 0 Å². The monoisotopic (exact) mass is 369 g/mol. The van der Waals surface area contributed by atoms with Gasteiger partial charge in [-0.2, -0.15) is 0 Å². The molecule has 1 aromatic heterocycles. The Morgan fingerprint density at radius 1 is 1.08 bits per heavy atom. The van der Waals surface area contributed by atoms with Crippen LogP contribution in [0.1, 0.15) is 17.3 Å². The third-order valence-corrected chi connectivity index (χ3v) is 4.81. The van der Waals surface area contributed by atoms with Gasteiger partial charge in [-0.3, -0.25) is 0 Å². The molecular weight excluding hydrogens is 353 g/mol. The molecule has 1 aliphatic heterocycles. The second kappa shape index (κ2) is 6.84. The number of carbonyl (C=O) groups is 1. The zero-order chi connectivity index (χ0) is 18.1. The minimum absolute atomic E-state index is 0.284. The standard InChI is InChI=1S/C20H17ClFN3O/c21-14-5-3-6-15(13-14)23-20(26)25-12-11-24-10-4-9-18(24)19(25)16-7-1-2-8-17(16)22/h1-10,13,19H,11-12H2,(H,23,26). The van der Waals surface area contributed by atoms with E-state index in [1.54, 1.807) is 47.4 Å². The number of aromatic nitrogens is 1. The maximum Gasteiger partial charge on any atom is 0.322 e. The summed E-state index contributed by atoms with van der Waals surface area (Å²) in [7, 11) is 0. The topological polar surface area (TPSA) is 37.3 Å². The van der Waals surface area contributed by atoms with E-state index in [0.717, 1.165) is 5.69 Å². The molecule has 1 atom stereocenters. The summed E-state index contributed by atoms with van der Waals surface area (Å²) in [6, 6.07) is 16.6. The van der Waals surface area contributed by atoms with Crippen molar-refractivity contribution in [3.63, 3.8) is 0 Å². The van der Waals surface area contributed by atoms with Crippen LogP contribution in [0.15, 0.2) is 66.9 Å². The van der Waals surface area contributed by atoms with Crippen LogP contribution in [0.3, 0.4) is 0 Å². The zero-order valence-corrected chi connectivity index (χ0v) is 14.7. The zero-order valence-electron chi connectivity index (χ0n) is 13.9. The van der Waals surface area contributed by atoms with Crippen LogP contribution in [0, 0.1) is 5.82 Å². The van der Waals surface area contributed by atoms with Crippen LogP contribution >= 0.6 is 11.6 Å². The van der Waals surface area contributed by atoms with Crippen molar-refractivity contribution in [2.45, 2.75) is 12.6 Å². The molecule has 0 aliphatic carbocycles. The molecule has 0 saturated carbocycles. The smallest absolute Gasteiger partial charge is 0.322 e. The van der Waals surface area contributed by atoms with E-state index in [1.165, 1.54) is 6.07 Å². The van der Waals surface area contributed by atoms with Gasteiger partial charge in [0, 0.05) is 41.3 Å². The lowest BCUT2D eigenvalue weighted by atomic mass is 9.99. The molecule has 26 heavy (non-hydrogen) atoms. The molecule has 4 nitrogen and oxygen atoms in total. The molecule has 1 unspecified atom stereocenters. The fourth-order valence-corrected chi connectivity index (χ4v) is 3.58. The number of urea groups is 1. The van der Waals surface area contributed by atoms with Crippen molar-refractivity contribution in [2.24, 2.45) is 0 Å². The number of benzene rings is 2. The van der Waals surface area contributed by atoms with Gasteiger partial charge in [-0.25, -0.2) is 9.18 Å². The largest absolute Gasteiger partial charge is 0.348 e. The minimum Gasteiger partial charge on any atom is -0.348 e. The van der Waals surface area contributed by atoms with Gasteiger partial charge in [-0.15, -0.1) is 0 Å². The van der Waals surface area contributed by atoms with Crippen LogP contribution < -0.4 is 5.32 Å². The van der Waals surface area contributed by atoms with Gasteiger partial charge in [0.25, 0.3) is 0 Å². The van der Waals surface area contributed by atoms with Crippen molar-refractivity contribution in [3.05, 3.63) is 89.0 Å². The first-order chi connectivity index (χ1) is 12.6. The first kappa shape index (κ1) is 16.7. The molecule has 0 saturated heterocycles. The molecular formula is C20H17ClFN3O. The first-order valence-corrected chi connectivity index (χ1v) is 8.74. The fourth-order valence-electron chi connectivity index (χ4n) is 3.39. The normalized spacial score (nSPS) is 16.2. The van der Waals surface area contributed by atoms with Gasteiger partial charge in [0.05, 0.1) is 0 Å². The Morgan fingerprint density at radius 3 is 2.73 bits per heavy atom.